The van der Waals surface area contributed by atoms with E-state index in [1.807, 2.05) is 0 Å². The lowest BCUT2D eigenvalue weighted by molar-refractivity contribution is -0.122. The van der Waals surface area contributed by atoms with Crippen LogP contribution in [-0.2, 0) is 9.59 Å². The van der Waals surface area contributed by atoms with Gasteiger partial charge in [0.2, 0.25) is 18.6 Å². The van der Waals surface area contributed by atoms with Crippen LogP contribution in [0.15, 0.2) is 42.5 Å². The first-order chi connectivity index (χ1) is 12.9. The average molecular weight is 390 g/mol. The molecule has 27 heavy (non-hydrogen) atoms. The van der Waals surface area contributed by atoms with Gasteiger partial charge >= 0.3 is 0 Å². The van der Waals surface area contributed by atoms with Gasteiger partial charge < -0.3 is 20.1 Å². The summed E-state index contributed by atoms with van der Waals surface area (Å²) in [6.45, 7) is 1.94. The van der Waals surface area contributed by atoms with Crippen molar-refractivity contribution in [3.8, 4) is 11.5 Å². The fourth-order valence-electron chi connectivity index (χ4n) is 2.54. The number of rotatable bonds is 6. The lowest BCUT2D eigenvalue weighted by Crippen LogP contribution is -2.43. The second-order valence-electron chi connectivity index (χ2n) is 6.18. The molecule has 2 N–H and O–H groups in total. The standard InChI is InChI=1S/C19H20ClN3O4/c1-12(19(25)21-13-7-8-16-17(9-13)27-11-26-16)23(2)10-18(24)22-15-6-4-3-5-14(15)20/h3-9,12H,10-11H2,1-2H3,(H,21,25)(H,22,24). The van der Waals surface area contributed by atoms with Gasteiger partial charge in [-0.05, 0) is 38.2 Å². The van der Waals surface area contributed by atoms with Crippen molar-refractivity contribution in [2.24, 2.45) is 0 Å². The second kappa shape index (κ2) is 8.28. The van der Waals surface area contributed by atoms with E-state index in [-0.39, 0.29) is 25.2 Å². The summed E-state index contributed by atoms with van der Waals surface area (Å²) in [6, 6.07) is 11.6. The summed E-state index contributed by atoms with van der Waals surface area (Å²) in [5, 5.41) is 6.01. The number of likely N-dealkylation sites (N-methyl/N-ethyl adjacent to an activating group) is 1. The number of nitrogens with zero attached hydrogens (tertiary/aromatic N) is 1. The first-order valence-electron chi connectivity index (χ1n) is 8.39. The van der Waals surface area contributed by atoms with Gasteiger partial charge in [0.25, 0.3) is 0 Å². The Kier molecular flexibility index (Phi) is 5.83. The van der Waals surface area contributed by atoms with Gasteiger partial charge in [-0.3, -0.25) is 14.5 Å². The SMILES string of the molecule is CC(C(=O)Nc1ccc2c(c1)OCO2)N(C)CC(=O)Nc1ccccc1Cl. The predicted molar refractivity (Wildman–Crippen MR) is 103 cm³/mol. The van der Waals surface area contributed by atoms with Crippen molar-refractivity contribution in [1.29, 1.82) is 0 Å². The molecule has 0 fully saturated rings. The number of carbonyl (C=O) groups is 2. The van der Waals surface area contributed by atoms with Crippen molar-refractivity contribution in [3.05, 3.63) is 47.5 Å². The summed E-state index contributed by atoms with van der Waals surface area (Å²) in [5.74, 6) is 0.748. The quantitative estimate of drug-likeness (QED) is 0.794. The van der Waals surface area contributed by atoms with E-state index < -0.39 is 6.04 Å². The fraction of sp³-hybridized carbons (Fsp3) is 0.263. The molecule has 0 aromatic heterocycles. The van der Waals surface area contributed by atoms with E-state index in [9.17, 15) is 9.59 Å². The Morgan fingerprint density at radius 3 is 2.67 bits per heavy atom. The van der Waals surface area contributed by atoms with E-state index in [2.05, 4.69) is 10.6 Å². The molecule has 2 amide bonds. The van der Waals surface area contributed by atoms with Gasteiger partial charge in [0.05, 0.1) is 23.3 Å². The minimum Gasteiger partial charge on any atom is -0.454 e. The van der Waals surface area contributed by atoms with Crippen molar-refractivity contribution in [2.75, 3.05) is 31.0 Å². The zero-order chi connectivity index (χ0) is 19.4. The largest absolute Gasteiger partial charge is 0.454 e. The zero-order valence-corrected chi connectivity index (χ0v) is 15.7. The van der Waals surface area contributed by atoms with Gasteiger partial charge in [0, 0.05) is 11.8 Å². The van der Waals surface area contributed by atoms with Gasteiger partial charge in [0.15, 0.2) is 11.5 Å². The molecule has 8 heteroatoms. The predicted octanol–water partition coefficient (Wildman–Crippen LogP) is 2.97. The Bertz CT molecular complexity index is 859. The summed E-state index contributed by atoms with van der Waals surface area (Å²) in [6.07, 6.45) is 0. The number of para-hydroxylation sites is 1. The molecular weight excluding hydrogens is 370 g/mol. The molecule has 1 atom stereocenters. The lowest BCUT2D eigenvalue weighted by Gasteiger charge is -2.23. The normalized spacial score (nSPS) is 13.3. The molecular formula is C19H20ClN3O4. The molecule has 3 rings (SSSR count). The number of nitrogens with one attached hydrogen (secondary N) is 2. The number of hydrogen-bond acceptors (Lipinski definition) is 5. The van der Waals surface area contributed by atoms with Gasteiger partial charge in [-0.15, -0.1) is 0 Å². The number of halogens is 1. The highest BCUT2D eigenvalue weighted by Gasteiger charge is 2.21. The van der Waals surface area contributed by atoms with Gasteiger partial charge in [-0.2, -0.15) is 0 Å². The zero-order valence-electron chi connectivity index (χ0n) is 15.0. The molecule has 1 unspecified atom stereocenters. The van der Waals surface area contributed by atoms with Crippen LogP contribution in [0.5, 0.6) is 11.5 Å². The molecule has 0 saturated carbocycles. The molecule has 0 radical (unpaired) electrons. The fourth-order valence-corrected chi connectivity index (χ4v) is 2.72. The molecule has 2 aromatic carbocycles. The highest BCUT2D eigenvalue weighted by molar-refractivity contribution is 6.33. The van der Waals surface area contributed by atoms with Gasteiger partial charge in [-0.25, -0.2) is 0 Å². The van der Waals surface area contributed by atoms with E-state index in [0.29, 0.717) is 27.9 Å². The molecule has 0 aliphatic carbocycles. The minimum absolute atomic E-state index is 0.0426. The van der Waals surface area contributed by atoms with Crippen molar-refractivity contribution in [3.63, 3.8) is 0 Å². The topological polar surface area (TPSA) is 79.9 Å². The van der Waals surface area contributed by atoms with E-state index in [4.69, 9.17) is 21.1 Å². The van der Waals surface area contributed by atoms with Crippen LogP contribution in [0.2, 0.25) is 5.02 Å². The van der Waals surface area contributed by atoms with Crippen LogP contribution in [0.3, 0.4) is 0 Å². The third-order valence-electron chi connectivity index (χ3n) is 4.22. The highest BCUT2D eigenvalue weighted by atomic mass is 35.5. The first-order valence-corrected chi connectivity index (χ1v) is 8.77. The summed E-state index contributed by atoms with van der Waals surface area (Å²) >= 11 is 6.04. The van der Waals surface area contributed by atoms with E-state index in [1.54, 1.807) is 61.3 Å². The monoisotopic (exact) mass is 389 g/mol. The molecule has 1 aliphatic heterocycles. The number of fused-ring (bicyclic) bond motifs is 1. The maximum absolute atomic E-state index is 12.5. The number of anilines is 2. The van der Waals surface area contributed by atoms with E-state index in [0.717, 1.165) is 0 Å². The highest BCUT2D eigenvalue weighted by Crippen LogP contribution is 2.34. The van der Waals surface area contributed by atoms with Gasteiger partial charge in [-0.1, -0.05) is 23.7 Å². The van der Waals surface area contributed by atoms with Crippen molar-refractivity contribution < 1.29 is 19.1 Å². The van der Waals surface area contributed by atoms with Crippen LogP contribution in [0.4, 0.5) is 11.4 Å². The number of carbonyl (C=O) groups excluding carboxylic acids is 2. The van der Waals surface area contributed by atoms with Crippen LogP contribution < -0.4 is 20.1 Å². The van der Waals surface area contributed by atoms with Crippen LogP contribution in [0.25, 0.3) is 0 Å². The van der Waals surface area contributed by atoms with Crippen molar-refractivity contribution >= 4 is 34.8 Å². The van der Waals surface area contributed by atoms with Crippen LogP contribution >= 0.6 is 11.6 Å². The van der Waals surface area contributed by atoms with E-state index in [1.165, 1.54) is 0 Å². The number of hydrogen-bond donors (Lipinski definition) is 2. The number of amides is 2. The molecule has 0 saturated heterocycles. The maximum Gasteiger partial charge on any atom is 0.241 e. The molecule has 7 nitrogen and oxygen atoms in total. The Labute approximate surface area is 162 Å². The summed E-state index contributed by atoms with van der Waals surface area (Å²) in [4.78, 5) is 26.3. The van der Waals surface area contributed by atoms with Crippen molar-refractivity contribution in [1.82, 2.24) is 4.90 Å². The second-order valence-corrected chi connectivity index (χ2v) is 6.58. The minimum atomic E-state index is -0.521. The molecule has 0 bridgehead atoms. The Morgan fingerprint density at radius 2 is 1.89 bits per heavy atom. The molecule has 0 spiro atoms. The number of benzene rings is 2. The Morgan fingerprint density at radius 1 is 1.15 bits per heavy atom. The maximum atomic E-state index is 12.5. The van der Waals surface area contributed by atoms with Crippen LogP contribution in [-0.4, -0.2) is 43.1 Å². The van der Waals surface area contributed by atoms with Crippen LogP contribution in [0, 0.1) is 0 Å². The molecule has 1 aliphatic rings. The molecule has 2 aromatic rings. The summed E-state index contributed by atoms with van der Waals surface area (Å²) in [5.41, 5.74) is 1.14. The molecule has 1 heterocycles. The van der Waals surface area contributed by atoms with Crippen LogP contribution in [0.1, 0.15) is 6.92 Å². The average Bonchev–Trinajstić information content (AvgIpc) is 3.10. The smallest absolute Gasteiger partial charge is 0.241 e. The lowest BCUT2D eigenvalue weighted by atomic mass is 10.2. The third-order valence-corrected chi connectivity index (χ3v) is 4.55. The van der Waals surface area contributed by atoms with E-state index >= 15 is 0 Å². The van der Waals surface area contributed by atoms with Gasteiger partial charge in [0.1, 0.15) is 0 Å². The summed E-state index contributed by atoms with van der Waals surface area (Å²) < 4.78 is 10.5. The third kappa shape index (κ3) is 4.69. The number of ether oxygens (including phenoxy) is 2. The summed E-state index contributed by atoms with van der Waals surface area (Å²) in [7, 11) is 1.70. The Hall–Kier alpha value is -2.77. The Balaban J connectivity index is 1.54. The first kappa shape index (κ1) is 19.0. The van der Waals surface area contributed by atoms with Crippen molar-refractivity contribution in [2.45, 2.75) is 13.0 Å². The molecule has 142 valence electrons.